The van der Waals surface area contributed by atoms with Crippen LogP contribution in [0.25, 0.3) is 10.9 Å². The van der Waals surface area contributed by atoms with Crippen LogP contribution in [0.15, 0.2) is 40.4 Å². The van der Waals surface area contributed by atoms with Crippen molar-refractivity contribution in [2.75, 3.05) is 26.2 Å². The molecule has 6 amide bonds. The summed E-state index contributed by atoms with van der Waals surface area (Å²) in [5.41, 5.74) is 40.2. The highest BCUT2D eigenvalue weighted by molar-refractivity contribution is 5.97. The third-order valence-electron chi connectivity index (χ3n) is 10.3. The van der Waals surface area contributed by atoms with Crippen LogP contribution in [0.4, 0.5) is 0 Å². The largest absolute Gasteiger partial charge is 0.480 e. The number of para-hydroxylation sites is 1. The van der Waals surface area contributed by atoms with Crippen LogP contribution in [0, 0.1) is 0 Å². The van der Waals surface area contributed by atoms with Crippen molar-refractivity contribution < 1.29 is 38.7 Å². The van der Waals surface area contributed by atoms with E-state index in [1.807, 2.05) is 18.2 Å². The third-order valence-corrected chi connectivity index (χ3v) is 10.3. The SMILES string of the molecule is NCCCCC(NC(=O)C(Cc1c[nH]c2ccccc12)NC(=O)C(CCC(N)=O)NC(=O)C1CCCN1C(=O)C(CCCN=C(N)N)NC(=O)C(N)CCCN=C(N)N)C(=O)O. The second-order valence-electron chi connectivity index (χ2n) is 15.1. The molecule has 6 unspecified atom stereocenters. The van der Waals surface area contributed by atoms with Gasteiger partial charge in [0.15, 0.2) is 11.9 Å². The van der Waals surface area contributed by atoms with Gasteiger partial charge in [-0.05, 0) is 82.4 Å². The summed E-state index contributed by atoms with van der Waals surface area (Å²) in [6.07, 6.45) is 3.63. The predicted molar refractivity (Wildman–Crippen MR) is 231 cm³/mol. The summed E-state index contributed by atoms with van der Waals surface area (Å²) in [6, 6.07) is 0.00785. The number of nitrogens with two attached hydrogens (primary N) is 7. The number of nitrogens with one attached hydrogen (secondary N) is 5. The second-order valence-corrected chi connectivity index (χ2v) is 15.1. The Balaban J connectivity index is 1.85. The number of H-pyrrole nitrogens is 1. The molecular weight excluding hydrogens is 807 g/mol. The van der Waals surface area contributed by atoms with E-state index in [9.17, 15) is 38.7 Å². The Morgan fingerprint density at radius 3 is 2.02 bits per heavy atom. The van der Waals surface area contributed by atoms with E-state index < -0.39 is 77.7 Å². The first-order valence-electron chi connectivity index (χ1n) is 20.7. The van der Waals surface area contributed by atoms with Gasteiger partial charge in [-0.15, -0.1) is 0 Å². The lowest BCUT2D eigenvalue weighted by Gasteiger charge is -2.30. The van der Waals surface area contributed by atoms with E-state index >= 15 is 0 Å². The van der Waals surface area contributed by atoms with Crippen LogP contribution in [-0.4, -0.2) is 131 Å². The van der Waals surface area contributed by atoms with Crippen LogP contribution < -0.4 is 61.4 Å². The molecule has 1 aromatic heterocycles. The van der Waals surface area contributed by atoms with Crippen molar-refractivity contribution in [2.45, 2.75) is 113 Å². The number of aliphatic imine (C=N–C) groups is 2. The Hall–Kier alpha value is -6.49. The summed E-state index contributed by atoms with van der Waals surface area (Å²) >= 11 is 0. The molecule has 2 heterocycles. The number of aliphatic carboxylic acids is 1. The molecular formula is C39H63N15O8. The quantitative estimate of drug-likeness (QED) is 0.0236. The number of unbranched alkanes of at least 4 members (excludes halogenated alkanes) is 1. The van der Waals surface area contributed by atoms with Gasteiger partial charge in [0.2, 0.25) is 35.4 Å². The first-order chi connectivity index (χ1) is 29.5. The molecule has 20 N–H and O–H groups in total. The topological polar surface area (TPSA) is 414 Å². The Bertz CT molecular complexity index is 1910. The molecule has 6 atom stereocenters. The summed E-state index contributed by atoms with van der Waals surface area (Å²) < 4.78 is 0. The van der Waals surface area contributed by atoms with Gasteiger partial charge in [0.05, 0.1) is 6.04 Å². The predicted octanol–water partition coefficient (Wildman–Crippen LogP) is -3.45. The highest BCUT2D eigenvalue weighted by atomic mass is 16.4. The van der Waals surface area contributed by atoms with Gasteiger partial charge in [0.1, 0.15) is 30.2 Å². The van der Waals surface area contributed by atoms with Crippen LogP contribution in [0.5, 0.6) is 0 Å². The maximum absolute atomic E-state index is 14.1. The van der Waals surface area contributed by atoms with Crippen LogP contribution >= 0.6 is 0 Å². The first kappa shape index (κ1) is 49.9. The molecule has 342 valence electrons. The van der Waals surface area contributed by atoms with E-state index in [-0.39, 0.29) is 82.9 Å². The number of amides is 6. The lowest BCUT2D eigenvalue weighted by molar-refractivity contribution is -0.143. The average molecular weight is 870 g/mol. The van der Waals surface area contributed by atoms with E-state index in [4.69, 9.17) is 40.1 Å². The number of primary amides is 1. The average Bonchev–Trinajstić information content (AvgIpc) is 3.88. The Morgan fingerprint density at radius 1 is 0.758 bits per heavy atom. The molecule has 2 aromatic rings. The van der Waals surface area contributed by atoms with Crippen LogP contribution in [0.2, 0.25) is 0 Å². The zero-order valence-electron chi connectivity index (χ0n) is 34.9. The minimum atomic E-state index is -1.42. The number of benzene rings is 1. The smallest absolute Gasteiger partial charge is 0.326 e. The minimum Gasteiger partial charge on any atom is -0.480 e. The zero-order valence-corrected chi connectivity index (χ0v) is 34.9. The number of guanidine groups is 2. The number of hydrogen-bond donors (Lipinski definition) is 13. The van der Waals surface area contributed by atoms with Gasteiger partial charge < -0.3 is 76.4 Å². The monoisotopic (exact) mass is 869 g/mol. The zero-order chi connectivity index (χ0) is 45.8. The molecule has 1 aliphatic rings. The fraction of sp³-hybridized carbons (Fsp3) is 0.564. The molecule has 0 spiro atoms. The molecule has 0 saturated carbocycles. The Kier molecular flexibility index (Phi) is 20.4. The van der Waals surface area contributed by atoms with Gasteiger partial charge in [-0.1, -0.05) is 18.2 Å². The molecule has 23 heteroatoms. The van der Waals surface area contributed by atoms with Crippen molar-refractivity contribution in [3.05, 3.63) is 36.0 Å². The molecule has 1 saturated heterocycles. The molecule has 0 aliphatic carbocycles. The number of hydrogen-bond acceptors (Lipinski definition) is 11. The van der Waals surface area contributed by atoms with Crippen LogP contribution in [0.1, 0.15) is 76.2 Å². The summed E-state index contributed by atoms with van der Waals surface area (Å²) in [5, 5.41) is 21.2. The van der Waals surface area contributed by atoms with E-state index in [0.29, 0.717) is 37.8 Å². The number of aromatic amines is 1. The van der Waals surface area contributed by atoms with Crippen molar-refractivity contribution in [1.82, 2.24) is 31.2 Å². The number of aromatic nitrogens is 1. The van der Waals surface area contributed by atoms with E-state index in [2.05, 4.69) is 36.2 Å². The van der Waals surface area contributed by atoms with Crippen molar-refractivity contribution >= 4 is 64.2 Å². The lowest BCUT2D eigenvalue weighted by atomic mass is 10.0. The first-order valence-corrected chi connectivity index (χ1v) is 20.7. The number of carboxylic acid groups (broad SMARTS) is 1. The van der Waals surface area contributed by atoms with Gasteiger partial charge in [-0.2, -0.15) is 0 Å². The number of carboxylic acids is 1. The van der Waals surface area contributed by atoms with Crippen molar-refractivity contribution in [3.8, 4) is 0 Å². The Morgan fingerprint density at radius 2 is 1.37 bits per heavy atom. The van der Waals surface area contributed by atoms with Gasteiger partial charge >= 0.3 is 5.97 Å². The highest BCUT2D eigenvalue weighted by Crippen LogP contribution is 2.22. The molecule has 0 bridgehead atoms. The minimum absolute atomic E-state index is 0.0751. The van der Waals surface area contributed by atoms with E-state index in [1.54, 1.807) is 12.3 Å². The molecule has 3 rings (SSSR count). The molecule has 62 heavy (non-hydrogen) atoms. The number of fused-ring (bicyclic) bond motifs is 1. The fourth-order valence-corrected chi connectivity index (χ4v) is 7.04. The fourth-order valence-electron chi connectivity index (χ4n) is 7.04. The van der Waals surface area contributed by atoms with Crippen molar-refractivity contribution in [3.63, 3.8) is 0 Å². The summed E-state index contributed by atoms with van der Waals surface area (Å²) in [6.45, 7) is 0.868. The van der Waals surface area contributed by atoms with Crippen molar-refractivity contribution in [1.29, 1.82) is 0 Å². The number of likely N-dealkylation sites (tertiary alicyclic amines) is 1. The highest BCUT2D eigenvalue weighted by Gasteiger charge is 2.39. The van der Waals surface area contributed by atoms with Gasteiger partial charge in [-0.3, -0.25) is 38.8 Å². The maximum Gasteiger partial charge on any atom is 0.326 e. The summed E-state index contributed by atoms with van der Waals surface area (Å²) in [7, 11) is 0. The van der Waals surface area contributed by atoms with Crippen LogP contribution in [0.3, 0.4) is 0 Å². The van der Waals surface area contributed by atoms with Crippen molar-refractivity contribution in [2.24, 2.45) is 50.1 Å². The third kappa shape index (κ3) is 16.2. The molecule has 0 radical (unpaired) electrons. The molecule has 1 aromatic carbocycles. The number of rotatable bonds is 27. The van der Waals surface area contributed by atoms with Crippen LogP contribution in [-0.2, 0) is 40.0 Å². The second kappa shape index (κ2) is 25.3. The maximum atomic E-state index is 14.1. The number of carbonyl (C=O) groups excluding carboxylic acids is 6. The summed E-state index contributed by atoms with van der Waals surface area (Å²) in [4.78, 5) is 106. The standard InChI is InChI=1S/C39H63N15O8/c40-16-4-3-11-28(37(61)62)52-34(58)29(20-22-21-49-25-10-2-1-8-23(22)25)53-33(57)26(14-15-31(42)55)50-35(59)30-13-7-19-54(30)36(60)27(12-6-18-48-39(45)46)51-32(56)24(41)9-5-17-47-38(43)44/h1-2,8,10,21,24,26-30,49H,3-7,9,11-20,40-41H2,(H2,42,55)(H,50,59)(H,51,56)(H,52,58)(H,53,57)(H,61,62)(H4,43,44,47)(H4,45,46,48). The lowest BCUT2D eigenvalue weighted by Crippen LogP contribution is -2.59. The normalized spacial score (nSPS) is 15.9. The molecule has 1 fully saturated rings. The number of carbonyl (C=O) groups is 7. The summed E-state index contributed by atoms with van der Waals surface area (Å²) in [5.74, 6) is -5.87. The van der Waals surface area contributed by atoms with Gasteiger partial charge in [0.25, 0.3) is 0 Å². The number of nitrogens with zero attached hydrogens (tertiary/aromatic N) is 3. The van der Waals surface area contributed by atoms with E-state index in [1.165, 1.54) is 4.90 Å². The van der Waals surface area contributed by atoms with Gasteiger partial charge in [-0.25, -0.2) is 4.79 Å². The molecule has 23 nitrogen and oxygen atoms in total. The Labute approximate surface area is 359 Å². The van der Waals surface area contributed by atoms with E-state index in [0.717, 1.165) is 10.9 Å². The molecule has 1 aliphatic heterocycles. The van der Waals surface area contributed by atoms with Gasteiger partial charge in [0, 0.05) is 49.6 Å².